The van der Waals surface area contributed by atoms with E-state index in [1.165, 1.54) is 0 Å². The zero-order valence-corrected chi connectivity index (χ0v) is 15.4. The van der Waals surface area contributed by atoms with E-state index in [1.807, 2.05) is 17.0 Å². The van der Waals surface area contributed by atoms with Gasteiger partial charge in [-0.15, -0.1) is 0 Å². The van der Waals surface area contributed by atoms with E-state index in [0.29, 0.717) is 44.2 Å². The predicted molar refractivity (Wildman–Crippen MR) is 98.5 cm³/mol. The molecule has 2 aromatic heterocycles. The zero-order chi connectivity index (χ0) is 19.9. The number of para-hydroxylation sites is 2. The summed E-state index contributed by atoms with van der Waals surface area (Å²) in [5.41, 5.74) is 0.389. The molecule has 0 aliphatic carbocycles. The minimum Gasteiger partial charge on any atom is -0.408 e. The zero-order valence-electron chi connectivity index (χ0n) is 14.6. The fourth-order valence-corrected chi connectivity index (χ4v) is 3.55. The Morgan fingerprint density at radius 3 is 2.54 bits per heavy atom. The molecule has 1 fully saturated rings. The van der Waals surface area contributed by atoms with Crippen molar-refractivity contribution in [2.24, 2.45) is 0 Å². The van der Waals surface area contributed by atoms with Gasteiger partial charge < -0.3 is 9.32 Å². The predicted octanol–water partition coefficient (Wildman–Crippen LogP) is 3.44. The number of oxazole rings is 1. The molecule has 0 radical (unpaired) electrons. The Labute approximate surface area is 162 Å². The van der Waals surface area contributed by atoms with Gasteiger partial charge in [-0.3, -0.25) is 9.47 Å². The second kappa shape index (κ2) is 7.14. The summed E-state index contributed by atoms with van der Waals surface area (Å²) in [7, 11) is 0. The molecular weight excluding hydrogens is 397 g/mol. The molecule has 3 heterocycles. The maximum Gasteiger partial charge on any atom is 0.421 e. The van der Waals surface area contributed by atoms with Crippen LogP contribution >= 0.6 is 11.6 Å². The van der Waals surface area contributed by atoms with Gasteiger partial charge in [0.25, 0.3) is 0 Å². The van der Waals surface area contributed by atoms with Crippen LogP contribution in [-0.4, -0.2) is 40.6 Å². The second-order valence-corrected chi connectivity index (χ2v) is 6.94. The smallest absolute Gasteiger partial charge is 0.408 e. The first-order chi connectivity index (χ1) is 13.3. The van der Waals surface area contributed by atoms with E-state index in [4.69, 9.17) is 16.0 Å². The molecular formula is C18H16ClF3N4O2. The molecule has 0 spiro atoms. The Balaban J connectivity index is 1.45. The van der Waals surface area contributed by atoms with Gasteiger partial charge in [0.15, 0.2) is 5.58 Å². The number of alkyl halides is 3. The van der Waals surface area contributed by atoms with Crippen molar-refractivity contribution >= 4 is 28.5 Å². The van der Waals surface area contributed by atoms with Gasteiger partial charge in [-0.05, 0) is 18.2 Å². The highest BCUT2D eigenvalue weighted by Crippen LogP contribution is 2.33. The highest BCUT2D eigenvalue weighted by Gasteiger charge is 2.32. The van der Waals surface area contributed by atoms with Crippen molar-refractivity contribution in [2.75, 3.05) is 31.1 Å². The van der Waals surface area contributed by atoms with E-state index in [-0.39, 0.29) is 5.02 Å². The van der Waals surface area contributed by atoms with Crippen LogP contribution in [0, 0.1) is 0 Å². The quantitative estimate of drug-likeness (QED) is 0.659. The SMILES string of the molecule is O=c1oc2ccccc2n1CN1CCN(c2ncc(C(F)(F)F)cc2Cl)CC1. The molecule has 10 heteroatoms. The van der Waals surface area contributed by atoms with E-state index in [0.717, 1.165) is 17.8 Å². The molecule has 28 heavy (non-hydrogen) atoms. The molecule has 0 amide bonds. The van der Waals surface area contributed by atoms with Gasteiger partial charge in [-0.1, -0.05) is 23.7 Å². The van der Waals surface area contributed by atoms with Crippen LogP contribution < -0.4 is 10.7 Å². The van der Waals surface area contributed by atoms with Gasteiger partial charge in [0.2, 0.25) is 0 Å². The fraction of sp³-hybridized carbons (Fsp3) is 0.333. The Hall–Kier alpha value is -2.52. The molecule has 0 saturated carbocycles. The molecule has 4 rings (SSSR count). The maximum absolute atomic E-state index is 12.8. The minimum absolute atomic E-state index is 0.0275. The number of anilines is 1. The van der Waals surface area contributed by atoms with Gasteiger partial charge in [-0.25, -0.2) is 9.78 Å². The number of benzene rings is 1. The third-order valence-electron chi connectivity index (χ3n) is 4.74. The lowest BCUT2D eigenvalue weighted by atomic mass is 10.2. The van der Waals surface area contributed by atoms with Gasteiger partial charge in [-0.2, -0.15) is 13.2 Å². The molecule has 0 unspecified atom stereocenters. The lowest BCUT2D eigenvalue weighted by Crippen LogP contribution is -2.47. The molecule has 0 atom stereocenters. The number of fused-ring (bicyclic) bond motifs is 1. The van der Waals surface area contributed by atoms with Crippen LogP contribution in [-0.2, 0) is 12.8 Å². The molecule has 148 valence electrons. The van der Waals surface area contributed by atoms with Crippen LogP contribution in [0.1, 0.15) is 5.56 Å². The van der Waals surface area contributed by atoms with Crippen molar-refractivity contribution in [1.82, 2.24) is 14.5 Å². The number of nitrogens with zero attached hydrogens (tertiary/aromatic N) is 4. The van der Waals surface area contributed by atoms with E-state index in [9.17, 15) is 18.0 Å². The van der Waals surface area contributed by atoms with Crippen molar-refractivity contribution < 1.29 is 17.6 Å². The van der Waals surface area contributed by atoms with E-state index < -0.39 is 17.5 Å². The van der Waals surface area contributed by atoms with Gasteiger partial charge in [0.05, 0.1) is 22.8 Å². The molecule has 6 nitrogen and oxygen atoms in total. The first-order valence-corrected chi connectivity index (χ1v) is 8.99. The van der Waals surface area contributed by atoms with Crippen LogP contribution in [0.25, 0.3) is 11.1 Å². The third-order valence-corrected chi connectivity index (χ3v) is 5.01. The highest BCUT2D eigenvalue weighted by atomic mass is 35.5. The molecule has 3 aromatic rings. The van der Waals surface area contributed by atoms with Crippen molar-refractivity contribution in [3.8, 4) is 0 Å². The number of pyridine rings is 1. The van der Waals surface area contributed by atoms with E-state index >= 15 is 0 Å². The minimum atomic E-state index is -4.48. The van der Waals surface area contributed by atoms with Crippen LogP contribution in [0.5, 0.6) is 0 Å². The number of piperazine rings is 1. The first kappa shape index (κ1) is 18.8. The highest BCUT2D eigenvalue weighted by molar-refractivity contribution is 6.33. The second-order valence-electron chi connectivity index (χ2n) is 6.54. The average Bonchev–Trinajstić information content (AvgIpc) is 2.97. The summed E-state index contributed by atoms with van der Waals surface area (Å²) in [6, 6.07) is 8.10. The Morgan fingerprint density at radius 2 is 1.86 bits per heavy atom. The van der Waals surface area contributed by atoms with Crippen LogP contribution in [0.4, 0.5) is 19.0 Å². The Morgan fingerprint density at radius 1 is 1.14 bits per heavy atom. The van der Waals surface area contributed by atoms with Crippen LogP contribution in [0.15, 0.2) is 45.7 Å². The molecule has 1 aliphatic heterocycles. The number of aromatic nitrogens is 2. The van der Waals surface area contributed by atoms with E-state index in [1.54, 1.807) is 16.7 Å². The molecule has 1 aromatic carbocycles. The summed E-state index contributed by atoms with van der Waals surface area (Å²) >= 11 is 6.03. The summed E-state index contributed by atoms with van der Waals surface area (Å²) in [4.78, 5) is 19.9. The molecule has 0 N–H and O–H groups in total. The lowest BCUT2D eigenvalue weighted by molar-refractivity contribution is -0.137. The van der Waals surface area contributed by atoms with Crippen molar-refractivity contribution in [1.29, 1.82) is 0 Å². The molecule has 1 aliphatic rings. The van der Waals surface area contributed by atoms with Crippen LogP contribution in [0.2, 0.25) is 5.02 Å². The fourth-order valence-electron chi connectivity index (χ4n) is 3.27. The summed E-state index contributed by atoms with van der Waals surface area (Å²) in [5, 5.41) is -0.0275. The largest absolute Gasteiger partial charge is 0.421 e. The number of hydrogen-bond donors (Lipinski definition) is 0. The van der Waals surface area contributed by atoms with Gasteiger partial charge in [0, 0.05) is 32.4 Å². The summed E-state index contributed by atoms with van der Waals surface area (Å²) in [6.45, 7) is 2.64. The average molecular weight is 413 g/mol. The van der Waals surface area contributed by atoms with Gasteiger partial charge >= 0.3 is 11.9 Å². The molecule has 0 bridgehead atoms. The van der Waals surface area contributed by atoms with Crippen LogP contribution in [0.3, 0.4) is 0 Å². The van der Waals surface area contributed by atoms with Gasteiger partial charge in [0.1, 0.15) is 5.82 Å². The van der Waals surface area contributed by atoms with Crippen molar-refractivity contribution in [2.45, 2.75) is 12.8 Å². The van der Waals surface area contributed by atoms with E-state index in [2.05, 4.69) is 9.88 Å². The lowest BCUT2D eigenvalue weighted by Gasteiger charge is -2.35. The number of hydrogen-bond acceptors (Lipinski definition) is 5. The van der Waals surface area contributed by atoms with Crippen molar-refractivity contribution in [3.05, 3.63) is 57.7 Å². The number of rotatable bonds is 3. The third kappa shape index (κ3) is 3.59. The van der Waals surface area contributed by atoms with Crippen molar-refractivity contribution in [3.63, 3.8) is 0 Å². The summed E-state index contributed by atoms with van der Waals surface area (Å²) in [5.74, 6) is -0.0867. The Bertz CT molecular complexity index is 1050. The topological polar surface area (TPSA) is 54.5 Å². The first-order valence-electron chi connectivity index (χ1n) is 8.61. The summed E-state index contributed by atoms with van der Waals surface area (Å²) in [6.07, 6.45) is -3.68. The normalized spacial score (nSPS) is 16.1. The number of halogens is 4. The molecule has 1 saturated heterocycles. The summed E-state index contributed by atoms with van der Waals surface area (Å²) < 4.78 is 45.1. The monoisotopic (exact) mass is 412 g/mol. The maximum atomic E-state index is 12.8. The Kier molecular flexibility index (Phi) is 4.80. The standard InChI is InChI=1S/C18H16ClF3N4O2/c19-13-9-12(18(20,21)22)10-23-16(13)25-7-5-24(6-8-25)11-26-14-3-1-2-4-15(14)28-17(26)27/h1-4,9-10H,5-8,11H2.